The van der Waals surface area contributed by atoms with Crippen molar-refractivity contribution in [3.8, 4) is 17.1 Å². The van der Waals surface area contributed by atoms with E-state index < -0.39 is 0 Å². The second-order valence-corrected chi connectivity index (χ2v) is 5.99. The lowest BCUT2D eigenvalue weighted by Gasteiger charge is -2.08. The fourth-order valence-electron chi connectivity index (χ4n) is 2.73. The molecule has 0 unspecified atom stereocenters. The van der Waals surface area contributed by atoms with Crippen molar-refractivity contribution in [1.29, 1.82) is 0 Å². The van der Waals surface area contributed by atoms with Crippen molar-refractivity contribution in [2.75, 3.05) is 0 Å². The first-order valence-electron chi connectivity index (χ1n) is 7.20. The van der Waals surface area contributed by atoms with E-state index >= 15 is 0 Å². The van der Waals surface area contributed by atoms with Crippen LogP contribution in [0.1, 0.15) is 24.3 Å². The Hall–Kier alpha value is -2.26. The Balaban J connectivity index is 2.00. The number of aromatic hydroxyl groups is 1. The minimum Gasteiger partial charge on any atom is -0.507 e. The lowest BCUT2D eigenvalue weighted by Crippen LogP contribution is -2.01. The molecule has 1 fully saturated rings. The molecule has 0 atom stereocenters. The van der Waals surface area contributed by atoms with E-state index in [0.29, 0.717) is 33.2 Å². The Morgan fingerprint density at radius 3 is 2.64 bits per heavy atom. The Morgan fingerprint density at radius 1 is 1.14 bits per heavy atom. The first kappa shape index (κ1) is 13.4. The molecule has 3 nitrogen and oxygen atoms in total. The van der Waals surface area contributed by atoms with Gasteiger partial charge in [-0.15, -0.1) is 0 Å². The van der Waals surface area contributed by atoms with Crippen LogP contribution in [0.5, 0.6) is 5.75 Å². The minimum atomic E-state index is -0.163. The van der Waals surface area contributed by atoms with Crippen LogP contribution < -0.4 is 5.43 Å². The van der Waals surface area contributed by atoms with Crippen molar-refractivity contribution >= 4 is 22.6 Å². The first-order valence-corrected chi connectivity index (χ1v) is 7.57. The molecule has 1 aliphatic rings. The van der Waals surface area contributed by atoms with Crippen LogP contribution in [-0.4, -0.2) is 5.11 Å². The van der Waals surface area contributed by atoms with Crippen LogP contribution in [-0.2, 0) is 0 Å². The molecule has 4 rings (SSSR count). The van der Waals surface area contributed by atoms with Gasteiger partial charge in [0.1, 0.15) is 11.5 Å². The van der Waals surface area contributed by atoms with Crippen molar-refractivity contribution in [2.24, 2.45) is 0 Å². The third-order valence-electron chi connectivity index (χ3n) is 4.05. The molecule has 1 N–H and O–H groups in total. The summed E-state index contributed by atoms with van der Waals surface area (Å²) in [5.74, 6) is 0.862. The van der Waals surface area contributed by atoms with E-state index in [1.165, 1.54) is 6.07 Å². The average Bonchev–Trinajstić information content (AvgIpc) is 3.33. The van der Waals surface area contributed by atoms with E-state index in [2.05, 4.69) is 0 Å². The van der Waals surface area contributed by atoms with Gasteiger partial charge in [-0.05, 0) is 42.5 Å². The Bertz CT molecular complexity index is 939. The molecule has 0 bridgehead atoms. The quantitative estimate of drug-likeness (QED) is 0.746. The van der Waals surface area contributed by atoms with Gasteiger partial charge >= 0.3 is 0 Å². The lowest BCUT2D eigenvalue weighted by molar-refractivity contribution is 0.474. The third-order valence-corrected chi connectivity index (χ3v) is 4.44. The second-order valence-electron chi connectivity index (χ2n) is 5.61. The van der Waals surface area contributed by atoms with Gasteiger partial charge < -0.3 is 9.52 Å². The van der Waals surface area contributed by atoms with Gasteiger partial charge in [-0.25, -0.2) is 0 Å². The molecule has 110 valence electrons. The third kappa shape index (κ3) is 2.09. The molecule has 4 heteroatoms. The van der Waals surface area contributed by atoms with Gasteiger partial charge in [-0.1, -0.05) is 29.8 Å². The van der Waals surface area contributed by atoms with Gasteiger partial charge in [0.2, 0.25) is 0 Å². The van der Waals surface area contributed by atoms with E-state index in [1.54, 1.807) is 30.3 Å². The molecule has 0 amide bonds. The number of rotatable bonds is 2. The predicted molar refractivity (Wildman–Crippen MR) is 86.6 cm³/mol. The second kappa shape index (κ2) is 4.89. The summed E-state index contributed by atoms with van der Waals surface area (Å²) in [7, 11) is 0. The van der Waals surface area contributed by atoms with E-state index in [1.807, 2.05) is 6.07 Å². The molecule has 0 radical (unpaired) electrons. The van der Waals surface area contributed by atoms with E-state index in [0.717, 1.165) is 18.4 Å². The molecule has 3 aromatic rings. The molecule has 0 saturated heterocycles. The number of phenols is 1. The molecule has 1 heterocycles. The average molecular weight is 313 g/mol. The van der Waals surface area contributed by atoms with Crippen LogP contribution in [0.2, 0.25) is 5.02 Å². The fraction of sp³-hybridized carbons (Fsp3) is 0.167. The number of benzene rings is 2. The van der Waals surface area contributed by atoms with Gasteiger partial charge in [-0.3, -0.25) is 4.79 Å². The van der Waals surface area contributed by atoms with Gasteiger partial charge in [-0.2, -0.15) is 0 Å². The number of para-hydroxylation sites is 1. The van der Waals surface area contributed by atoms with E-state index in [9.17, 15) is 9.90 Å². The van der Waals surface area contributed by atoms with E-state index in [-0.39, 0.29) is 11.2 Å². The topological polar surface area (TPSA) is 50.4 Å². The number of hydrogen-bond donors (Lipinski definition) is 1. The molecule has 1 saturated carbocycles. The summed E-state index contributed by atoms with van der Waals surface area (Å²) >= 11 is 6.45. The SMILES string of the molecule is O=c1cc(-c2ccccc2O)oc2c(Cl)c(C3CC3)ccc12. The highest BCUT2D eigenvalue weighted by Crippen LogP contribution is 2.45. The van der Waals surface area contributed by atoms with Crippen LogP contribution in [0.4, 0.5) is 0 Å². The molecule has 22 heavy (non-hydrogen) atoms. The first-order chi connectivity index (χ1) is 10.6. The van der Waals surface area contributed by atoms with Crippen LogP contribution >= 0.6 is 11.6 Å². The van der Waals surface area contributed by atoms with Crippen molar-refractivity contribution in [3.05, 3.63) is 63.3 Å². The summed E-state index contributed by atoms with van der Waals surface area (Å²) in [5.41, 5.74) is 1.75. The summed E-state index contributed by atoms with van der Waals surface area (Å²) in [6.07, 6.45) is 2.24. The standard InChI is InChI=1S/C18H13ClO3/c19-17-11(10-5-6-10)7-8-13-15(21)9-16(22-18(13)17)12-3-1-2-4-14(12)20/h1-4,7-10,20H,5-6H2. The molecule has 2 aromatic carbocycles. The van der Waals surface area contributed by atoms with Crippen LogP contribution in [0.25, 0.3) is 22.3 Å². The summed E-state index contributed by atoms with van der Waals surface area (Å²) in [5, 5.41) is 10.9. The molecule has 0 spiro atoms. The maximum Gasteiger partial charge on any atom is 0.193 e. The fourth-order valence-corrected chi connectivity index (χ4v) is 3.08. The van der Waals surface area contributed by atoms with Crippen molar-refractivity contribution in [2.45, 2.75) is 18.8 Å². The summed E-state index contributed by atoms with van der Waals surface area (Å²) < 4.78 is 5.87. The summed E-state index contributed by atoms with van der Waals surface area (Å²) in [6.45, 7) is 0. The zero-order chi connectivity index (χ0) is 15.3. The molecule has 0 aliphatic heterocycles. The van der Waals surface area contributed by atoms with Gasteiger partial charge in [0, 0.05) is 6.07 Å². The maximum absolute atomic E-state index is 12.3. The minimum absolute atomic E-state index is 0.0690. The van der Waals surface area contributed by atoms with E-state index in [4.69, 9.17) is 16.0 Å². The smallest absolute Gasteiger partial charge is 0.193 e. The lowest BCUT2D eigenvalue weighted by atomic mass is 10.1. The highest BCUT2D eigenvalue weighted by Gasteiger charge is 2.27. The summed E-state index contributed by atoms with van der Waals surface area (Å²) in [6, 6.07) is 11.8. The highest BCUT2D eigenvalue weighted by molar-refractivity contribution is 6.35. The number of phenolic OH excluding ortho intramolecular Hbond substituents is 1. The van der Waals surface area contributed by atoms with Crippen molar-refractivity contribution < 1.29 is 9.52 Å². The number of hydrogen-bond acceptors (Lipinski definition) is 3. The van der Waals surface area contributed by atoms with Crippen molar-refractivity contribution in [3.63, 3.8) is 0 Å². The van der Waals surface area contributed by atoms with Crippen molar-refractivity contribution in [1.82, 2.24) is 0 Å². The summed E-state index contributed by atoms with van der Waals surface area (Å²) in [4.78, 5) is 12.3. The zero-order valence-corrected chi connectivity index (χ0v) is 12.4. The molecule has 1 aromatic heterocycles. The van der Waals surface area contributed by atoms with Gasteiger partial charge in [0.15, 0.2) is 11.0 Å². The number of fused-ring (bicyclic) bond motifs is 1. The van der Waals surface area contributed by atoms with Crippen LogP contribution in [0.3, 0.4) is 0 Å². The molecular weight excluding hydrogens is 300 g/mol. The Morgan fingerprint density at radius 2 is 1.91 bits per heavy atom. The predicted octanol–water partition coefficient (Wildman–Crippen LogP) is 4.70. The Labute approximate surface area is 131 Å². The largest absolute Gasteiger partial charge is 0.507 e. The molecule has 1 aliphatic carbocycles. The van der Waals surface area contributed by atoms with Gasteiger partial charge in [0.05, 0.1) is 16.0 Å². The van der Waals surface area contributed by atoms with Crippen LogP contribution in [0, 0.1) is 0 Å². The number of halogens is 1. The molecular formula is C18H13ClO3. The zero-order valence-electron chi connectivity index (χ0n) is 11.7. The van der Waals surface area contributed by atoms with Crippen LogP contribution in [0.15, 0.2) is 51.7 Å². The monoisotopic (exact) mass is 312 g/mol. The van der Waals surface area contributed by atoms with Gasteiger partial charge in [0.25, 0.3) is 0 Å². The normalized spacial score (nSPS) is 14.4. The maximum atomic E-state index is 12.3. The highest BCUT2D eigenvalue weighted by atomic mass is 35.5. The Kier molecular flexibility index (Phi) is 2.98.